The summed E-state index contributed by atoms with van der Waals surface area (Å²) in [7, 11) is 0. The number of hydrogen-bond acceptors (Lipinski definition) is 4. The molecule has 1 aliphatic heterocycles. The fraction of sp³-hybridized carbons (Fsp3) is 0.913. The minimum atomic E-state index is -1.17. The van der Waals surface area contributed by atoms with E-state index in [4.69, 9.17) is 0 Å². The van der Waals surface area contributed by atoms with Gasteiger partial charge in [-0.1, -0.05) is 19.0 Å². The van der Waals surface area contributed by atoms with Crippen molar-refractivity contribution in [1.82, 2.24) is 4.90 Å². The molecular weight excluding hydrogens is 391 g/mol. The van der Waals surface area contributed by atoms with Gasteiger partial charge in [0.1, 0.15) is 5.78 Å². The van der Waals surface area contributed by atoms with E-state index in [9.17, 15) is 10.0 Å². The zero-order valence-electron chi connectivity index (χ0n) is 17.8. The van der Waals surface area contributed by atoms with Crippen LogP contribution in [0.2, 0.25) is 0 Å². The lowest BCUT2D eigenvalue weighted by Crippen LogP contribution is -2.63. The molecule has 0 aromatic carbocycles. The maximum Gasteiger partial charge on any atom is 0.157 e. The van der Waals surface area contributed by atoms with Crippen molar-refractivity contribution in [2.45, 2.75) is 83.8 Å². The number of ketones is 1. The third kappa shape index (κ3) is 2.86. The predicted molar refractivity (Wildman–Crippen MR) is 113 cm³/mol. The Balaban J connectivity index is 0.00000205. The van der Waals surface area contributed by atoms with Crippen LogP contribution >= 0.6 is 12.4 Å². The summed E-state index contributed by atoms with van der Waals surface area (Å²) in [5, 5.41) is 13.6. The molecule has 1 heterocycles. The van der Waals surface area contributed by atoms with Crippen LogP contribution in [-0.2, 0) is 4.79 Å². The Labute approximate surface area is 180 Å². The summed E-state index contributed by atoms with van der Waals surface area (Å²) in [4.78, 5) is 14.9. The Kier molecular flexibility index (Phi) is 5.55. The molecule has 0 amide bonds. The van der Waals surface area contributed by atoms with Crippen LogP contribution in [0.15, 0.2) is 5.16 Å². The first-order valence-corrected chi connectivity index (χ1v) is 11.5. The number of hydrogen-bond donors (Lipinski definition) is 1. The molecule has 0 bridgehead atoms. The summed E-state index contributed by atoms with van der Waals surface area (Å²) in [5.74, 6) is 2.09. The molecule has 4 aliphatic carbocycles. The normalized spacial score (nSPS) is 51.3. The zero-order valence-corrected chi connectivity index (χ0v) is 18.6. The minimum absolute atomic E-state index is 0. The van der Waals surface area contributed by atoms with Crippen LogP contribution in [0.4, 0.5) is 4.39 Å². The van der Waals surface area contributed by atoms with Crippen LogP contribution in [0.1, 0.15) is 71.6 Å². The van der Waals surface area contributed by atoms with Gasteiger partial charge in [-0.25, -0.2) is 4.39 Å². The van der Waals surface area contributed by atoms with E-state index < -0.39 is 6.17 Å². The predicted octanol–water partition coefficient (Wildman–Crippen LogP) is 4.87. The number of alkyl halides is 1. The first-order chi connectivity index (χ1) is 13.4. The van der Waals surface area contributed by atoms with Crippen molar-refractivity contribution in [2.75, 3.05) is 13.1 Å². The van der Waals surface area contributed by atoms with Gasteiger partial charge in [-0.3, -0.25) is 9.69 Å². The van der Waals surface area contributed by atoms with Gasteiger partial charge in [-0.2, -0.15) is 0 Å². The smallest absolute Gasteiger partial charge is 0.157 e. The molecule has 4 saturated carbocycles. The third-order valence-electron chi connectivity index (χ3n) is 10.0. The largest absolute Gasteiger partial charge is 0.411 e. The summed E-state index contributed by atoms with van der Waals surface area (Å²) in [6.45, 7) is 6.32. The molecule has 0 aromatic heterocycles. The molecule has 4 nitrogen and oxygen atoms in total. The van der Waals surface area contributed by atoms with E-state index in [1.807, 2.05) is 0 Å². The molecular formula is C23H36ClFN2O2. The molecule has 6 heteroatoms. The van der Waals surface area contributed by atoms with Gasteiger partial charge in [0.2, 0.25) is 0 Å². The first-order valence-electron chi connectivity index (χ1n) is 11.5. The van der Waals surface area contributed by atoms with E-state index >= 15 is 4.39 Å². The number of oxime groups is 1. The van der Waals surface area contributed by atoms with Gasteiger partial charge >= 0.3 is 0 Å². The monoisotopic (exact) mass is 426 g/mol. The Morgan fingerprint density at radius 1 is 1.10 bits per heavy atom. The van der Waals surface area contributed by atoms with Gasteiger partial charge in [0.15, 0.2) is 6.17 Å². The van der Waals surface area contributed by atoms with Crippen LogP contribution < -0.4 is 0 Å². The van der Waals surface area contributed by atoms with Gasteiger partial charge in [-0.15, -0.1) is 12.4 Å². The molecule has 0 radical (unpaired) electrons. The van der Waals surface area contributed by atoms with Crippen molar-refractivity contribution in [3.63, 3.8) is 0 Å². The molecule has 1 saturated heterocycles. The Morgan fingerprint density at radius 3 is 2.52 bits per heavy atom. The summed E-state index contributed by atoms with van der Waals surface area (Å²) in [5.41, 5.74) is -0.105. The highest BCUT2D eigenvalue weighted by Gasteiger charge is 2.64. The number of fused-ring (bicyclic) bond motifs is 5. The first kappa shape index (κ1) is 21.5. The molecule has 5 aliphatic rings. The Morgan fingerprint density at radius 2 is 1.83 bits per heavy atom. The maximum absolute atomic E-state index is 15.8. The van der Waals surface area contributed by atoms with E-state index in [-0.39, 0.29) is 29.3 Å². The number of likely N-dealkylation sites (tertiary alicyclic amines) is 1. The quantitative estimate of drug-likeness (QED) is 0.480. The van der Waals surface area contributed by atoms with E-state index in [1.54, 1.807) is 0 Å². The Bertz CT molecular complexity index is 696. The van der Waals surface area contributed by atoms with Crippen molar-refractivity contribution < 1.29 is 14.4 Å². The number of nitrogens with zero attached hydrogens (tertiary/aromatic N) is 2. The highest BCUT2D eigenvalue weighted by molar-refractivity contribution is 5.95. The second-order valence-corrected chi connectivity index (χ2v) is 10.8. The molecule has 0 spiro atoms. The molecule has 0 aromatic rings. The summed E-state index contributed by atoms with van der Waals surface area (Å²) in [6, 6.07) is -0.120. The number of carbonyl (C=O) groups excluding carboxylic acids is 1. The lowest BCUT2D eigenvalue weighted by atomic mass is 9.44. The van der Waals surface area contributed by atoms with Crippen molar-refractivity contribution in [3.05, 3.63) is 0 Å². The topological polar surface area (TPSA) is 52.9 Å². The van der Waals surface area contributed by atoms with Crippen molar-refractivity contribution in [2.24, 2.45) is 39.7 Å². The van der Waals surface area contributed by atoms with Crippen molar-refractivity contribution >= 4 is 23.9 Å². The molecule has 1 N–H and O–H groups in total. The highest BCUT2D eigenvalue weighted by atomic mass is 35.5. The van der Waals surface area contributed by atoms with E-state index in [2.05, 4.69) is 23.9 Å². The van der Waals surface area contributed by atoms with Gasteiger partial charge in [-0.05, 0) is 88.1 Å². The number of carbonyl (C=O) groups is 1. The van der Waals surface area contributed by atoms with E-state index in [0.717, 1.165) is 64.5 Å². The SMILES string of the molecule is C[C@]12/C(=N\O)C(F)C(N3CCCC3)CC1CC[C@@H]1[C@H]2CC[C@]2(C)C(=O)CC[C@@H]12.Cl. The van der Waals surface area contributed by atoms with Crippen molar-refractivity contribution in [1.29, 1.82) is 0 Å². The van der Waals surface area contributed by atoms with Crippen LogP contribution in [0.3, 0.4) is 0 Å². The van der Waals surface area contributed by atoms with Crippen LogP contribution in [-0.4, -0.2) is 46.9 Å². The maximum atomic E-state index is 15.8. The minimum Gasteiger partial charge on any atom is -0.411 e. The van der Waals surface area contributed by atoms with Gasteiger partial charge in [0, 0.05) is 23.3 Å². The second kappa shape index (κ2) is 7.47. The van der Waals surface area contributed by atoms with Crippen LogP contribution in [0.25, 0.3) is 0 Å². The van der Waals surface area contributed by atoms with Gasteiger partial charge in [0.05, 0.1) is 5.71 Å². The number of rotatable bonds is 1. The highest BCUT2D eigenvalue weighted by Crippen LogP contribution is 2.65. The molecule has 5 fully saturated rings. The van der Waals surface area contributed by atoms with Crippen LogP contribution in [0, 0.1) is 34.5 Å². The number of Topliss-reactive ketones (excluding diaryl/α,β-unsaturated/α-hetero) is 1. The Hall–Kier alpha value is -0.680. The fourth-order valence-corrected chi connectivity index (χ4v) is 8.42. The zero-order chi connectivity index (χ0) is 19.7. The average Bonchev–Trinajstić information content (AvgIpc) is 3.30. The molecule has 164 valence electrons. The summed E-state index contributed by atoms with van der Waals surface area (Å²) < 4.78 is 15.8. The van der Waals surface area contributed by atoms with Gasteiger partial charge in [0.25, 0.3) is 0 Å². The molecule has 29 heavy (non-hydrogen) atoms. The van der Waals surface area contributed by atoms with Crippen molar-refractivity contribution in [3.8, 4) is 0 Å². The second-order valence-electron chi connectivity index (χ2n) is 10.8. The summed E-state index contributed by atoms with van der Waals surface area (Å²) >= 11 is 0. The standard InChI is InChI=1S/C23H35FN2O2.ClH/c1-22-10-9-17-15(16(22)7-8-19(22)27)6-5-14-13-18(26-11-3-4-12-26)20(24)21(25-28)23(14,17)2;/h14-18,20,28H,3-13H2,1-2H3;1H/b25-21-;/t14?,15-,16-,17+,18?,20?,22-,23-;/m0./s1. The summed E-state index contributed by atoms with van der Waals surface area (Å²) in [6.07, 6.45) is 7.86. The van der Waals surface area contributed by atoms with E-state index in [0.29, 0.717) is 41.6 Å². The third-order valence-corrected chi connectivity index (χ3v) is 10.0. The lowest BCUT2D eigenvalue weighted by molar-refractivity contribution is -0.134. The van der Waals surface area contributed by atoms with Gasteiger partial charge < -0.3 is 5.21 Å². The van der Waals surface area contributed by atoms with E-state index in [1.165, 1.54) is 0 Å². The lowest BCUT2D eigenvalue weighted by Gasteiger charge is -2.61. The van der Waals surface area contributed by atoms with Crippen LogP contribution in [0.5, 0.6) is 0 Å². The number of halogens is 2. The molecule has 8 atom stereocenters. The fourth-order valence-electron chi connectivity index (χ4n) is 8.42. The average molecular weight is 427 g/mol. The molecule has 5 rings (SSSR count). The molecule has 3 unspecified atom stereocenters.